The van der Waals surface area contributed by atoms with Gasteiger partial charge in [-0.15, -0.1) is 0 Å². The molecule has 0 bridgehead atoms. The number of hydrogen-bond donors (Lipinski definition) is 1. The highest BCUT2D eigenvalue weighted by Gasteiger charge is 2.23. The van der Waals surface area contributed by atoms with Gasteiger partial charge in [0.25, 0.3) is 0 Å². The second-order valence-corrected chi connectivity index (χ2v) is 7.79. The number of aryl methyl sites for hydroxylation is 1. The molecule has 30 heavy (non-hydrogen) atoms. The molecule has 1 heterocycles. The molecule has 0 saturated carbocycles. The minimum absolute atomic E-state index is 0.374. The molecule has 150 valence electrons. The summed E-state index contributed by atoms with van der Waals surface area (Å²) in [5.41, 5.74) is 4.90. The molecule has 0 aliphatic heterocycles. The van der Waals surface area contributed by atoms with Crippen molar-refractivity contribution in [1.29, 1.82) is 0 Å². The molecule has 5 rings (SSSR count). The van der Waals surface area contributed by atoms with E-state index in [0.29, 0.717) is 12.1 Å². The summed E-state index contributed by atoms with van der Waals surface area (Å²) in [5, 5.41) is 10.9. The monoisotopic (exact) mass is 397 g/mol. The van der Waals surface area contributed by atoms with Gasteiger partial charge in [0.2, 0.25) is 0 Å². The van der Waals surface area contributed by atoms with Crippen molar-refractivity contribution in [3.05, 3.63) is 95.2 Å². The normalized spacial score (nSPS) is 13.2. The van der Waals surface area contributed by atoms with Crippen molar-refractivity contribution < 1.29 is 14.6 Å². The van der Waals surface area contributed by atoms with Crippen LogP contribution in [0.25, 0.3) is 10.9 Å². The molecule has 0 spiro atoms. The fourth-order valence-corrected chi connectivity index (χ4v) is 4.55. The van der Waals surface area contributed by atoms with E-state index in [1.54, 1.807) is 6.07 Å². The zero-order valence-electron chi connectivity index (χ0n) is 16.7. The Morgan fingerprint density at radius 2 is 1.67 bits per heavy atom. The smallest absolute Gasteiger partial charge is 0.337 e. The Labute approximate surface area is 175 Å². The molecule has 4 heteroatoms. The number of rotatable bonds is 5. The summed E-state index contributed by atoms with van der Waals surface area (Å²) >= 11 is 0. The molecule has 1 aliphatic rings. The molecule has 0 unspecified atom stereocenters. The standard InChI is InChI=1S/C26H23NO3/c28-26(29)23-14-7-13-22-21-12-4-5-15-24(21)27(25(22)23)17-18-8-6-11-20(16-18)30-19-9-2-1-3-10-19/h1-3,6-11,13-14,16H,4-5,12,15,17H2,(H,28,29). The van der Waals surface area contributed by atoms with E-state index in [4.69, 9.17) is 4.74 Å². The number of carboxylic acid groups (broad SMARTS) is 1. The Bertz CT molecular complexity index is 1220. The van der Waals surface area contributed by atoms with Gasteiger partial charge in [-0.05, 0) is 67.1 Å². The number of hydrogen-bond acceptors (Lipinski definition) is 2. The van der Waals surface area contributed by atoms with Crippen LogP contribution in [0.3, 0.4) is 0 Å². The predicted molar refractivity (Wildman–Crippen MR) is 118 cm³/mol. The summed E-state index contributed by atoms with van der Waals surface area (Å²) in [5.74, 6) is 0.701. The van der Waals surface area contributed by atoms with Crippen LogP contribution < -0.4 is 4.74 Å². The Hall–Kier alpha value is -3.53. The maximum atomic E-state index is 12.0. The van der Waals surface area contributed by atoms with Gasteiger partial charge in [-0.1, -0.05) is 42.5 Å². The van der Waals surface area contributed by atoms with Gasteiger partial charge in [0.15, 0.2) is 0 Å². The summed E-state index contributed by atoms with van der Waals surface area (Å²) in [4.78, 5) is 12.0. The van der Waals surface area contributed by atoms with Gasteiger partial charge in [-0.25, -0.2) is 4.79 Å². The Balaban J connectivity index is 1.57. The number of carbonyl (C=O) groups is 1. The first kappa shape index (κ1) is 18.5. The van der Waals surface area contributed by atoms with Crippen LogP contribution in [0.5, 0.6) is 11.5 Å². The van der Waals surface area contributed by atoms with E-state index < -0.39 is 5.97 Å². The molecule has 3 aromatic carbocycles. The van der Waals surface area contributed by atoms with Crippen LogP contribution in [-0.4, -0.2) is 15.6 Å². The molecule has 0 amide bonds. The maximum Gasteiger partial charge on any atom is 0.337 e. The number of nitrogens with zero attached hydrogens (tertiary/aromatic N) is 1. The lowest BCUT2D eigenvalue weighted by molar-refractivity contribution is 0.0698. The van der Waals surface area contributed by atoms with Crippen LogP contribution >= 0.6 is 0 Å². The first-order valence-electron chi connectivity index (χ1n) is 10.4. The number of para-hydroxylation sites is 2. The lowest BCUT2D eigenvalue weighted by Crippen LogP contribution is -2.10. The fraction of sp³-hybridized carbons (Fsp3) is 0.192. The fourth-order valence-electron chi connectivity index (χ4n) is 4.55. The molecule has 1 aliphatic carbocycles. The SMILES string of the molecule is O=C(O)c1cccc2c3c(n(Cc4cccc(Oc5ccccc5)c4)c12)CCCC3. The van der Waals surface area contributed by atoms with Crippen molar-refractivity contribution in [2.24, 2.45) is 0 Å². The van der Waals surface area contributed by atoms with E-state index in [1.807, 2.05) is 54.6 Å². The summed E-state index contributed by atoms with van der Waals surface area (Å²) in [6.45, 7) is 0.627. The van der Waals surface area contributed by atoms with Gasteiger partial charge in [0.05, 0.1) is 11.1 Å². The summed E-state index contributed by atoms with van der Waals surface area (Å²) in [6.07, 6.45) is 4.30. The van der Waals surface area contributed by atoms with E-state index in [0.717, 1.165) is 53.6 Å². The molecule has 1 aromatic heterocycles. The van der Waals surface area contributed by atoms with E-state index in [1.165, 1.54) is 11.3 Å². The Morgan fingerprint density at radius 3 is 2.50 bits per heavy atom. The summed E-state index contributed by atoms with van der Waals surface area (Å²) in [6, 6.07) is 23.4. The van der Waals surface area contributed by atoms with Crippen LogP contribution in [0.2, 0.25) is 0 Å². The minimum atomic E-state index is -0.877. The average molecular weight is 397 g/mol. The number of aromatic carboxylic acids is 1. The van der Waals surface area contributed by atoms with Crippen molar-refractivity contribution >= 4 is 16.9 Å². The van der Waals surface area contributed by atoms with E-state index in [-0.39, 0.29) is 0 Å². The zero-order valence-corrected chi connectivity index (χ0v) is 16.7. The summed E-state index contributed by atoms with van der Waals surface area (Å²) in [7, 11) is 0. The third-order valence-corrected chi connectivity index (χ3v) is 5.84. The number of benzene rings is 3. The highest BCUT2D eigenvalue weighted by molar-refractivity contribution is 6.04. The molecule has 0 radical (unpaired) electrons. The lowest BCUT2D eigenvalue weighted by atomic mass is 9.95. The average Bonchev–Trinajstić information content (AvgIpc) is 3.09. The molecular formula is C26H23NO3. The molecule has 0 saturated heterocycles. The Morgan fingerprint density at radius 1 is 0.900 bits per heavy atom. The number of ether oxygens (including phenoxy) is 1. The first-order chi connectivity index (χ1) is 14.7. The zero-order chi connectivity index (χ0) is 20.5. The molecule has 4 nitrogen and oxygen atoms in total. The van der Waals surface area contributed by atoms with Gasteiger partial charge in [0.1, 0.15) is 11.5 Å². The van der Waals surface area contributed by atoms with Crippen LogP contribution in [-0.2, 0) is 19.4 Å². The second-order valence-electron chi connectivity index (χ2n) is 7.79. The first-order valence-corrected chi connectivity index (χ1v) is 10.4. The van der Waals surface area contributed by atoms with Gasteiger partial charge in [-0.2, -0.15) is 0 Å². The van der Waals surface area contributed by atoms with Crippen molar-refractivity contribution in [2.45, 2.75) is 32.2 Å². The van der Waals surface area contributed by atoms with E-state index in [9.17, 15) is 9.90 Å². The lowest BCUT2D eigenvalue weighted by Gasteiger charge is -2.17. The quantitative estimate of drug-likeness (QED) is 0.445. The highest BCUT2D eigenvalue weighted by atomic mass is 16.5. The van der Waals surface area contributed by atoms with Crippen molar-refractivity contribution in [2.75, 3.05) is 0 Å². The number of fused-ring (bicyclic) bond motifs is 3. The Kier molecular flexibility index (Phi) is 4.75. The van der Waals surface area contributed by atoms with Crippen LogP contribution in [0.4, 0.5) is 0 Å². The van der Waals surface area contributed by atoms with Gasteiger partial charge >= 0.3 is 5.97 Å². The highest BCUT2D eigenvalue weighted by Crippen LogP contribution is 2.35. The van der Waals surface area contributed by atoms with Crippen LogP contribution in [0, 0.1) is 0 Å². The minimum Gasteiger partial charge on any atom is -0.478 e. The van der Waals surface area contributed by atoms with Crippen molar-refractivity contribution in [3.63, 3.8) is 0 Å². The largest absolute Gasteiger partial charge is 0.478 e. The van der Waals surface area contributed by atoms with Crippen LogP contribution in [0.15, 0.2) is 72.8 Å². The third kappa shape index (κ3) is 3.35. The van der Waals surface area contributed by atoms with Crippen molar-refractivity contribution in [1.82, 2.24) is 4.57 Å². The predicted octanol–water partition coefficient (Wildman–Crippen LogP) is 6.06. The van der Waals surface area contributed by atoms with Gasteiger partial charge < -0.3 is 14.4 Å². The number of aromatic nitrogens is 1. The second kappa shape index (κ2) is 7.71. The van der Waals surface area contributed by atoms with E-state index in [2.05, 4.69) is 16.7 Å². The summed E-state index contributed by atoms with van der Waals surface area (Å²) < 4.78 is 8.21. The topological polar surface area (TPSA) is 51.5 Å². The molecule has 0 atom stereocenters. The van der Waals surface area contributed by atoms with E-state index >= 15 is 0 Å². The third-order valence-electron chi connectivity index (χ3n) is 5.84. The molecule has 4 aromatic rings. The van der Waals surface area contributed by atoms with Crippen LogP contribution in [0.1, 0.15) is 40.0 Å². The molecule has 1 N–H and O–H groups in total. The van der Waals surface area contributed by atoms with Gasteiger partial charge in [0, 0.05) is 17.6 Å². The molecule has 0 fully saturated rings. The molecular weight excluding hydrogens is 374 g/mol. The maximum absolute atomic E-state index is 12.0. The van der Waals surface area contributed by atoms with Crippen molar-refractivity contribution in [3.8, 4) is 11.5 Å². The van der Waals surface area contributed by atoms with Gasteiger partial charge in [-0.3, -0.25) is 0 Å². The number of carboxylic acids is 1.